The van der Waals surface area contributed by atoms with Crippen molar-refractivity contribution >= 4 is 27.7 Å². The molecule has 0 spiro atoms. The number of hydrogen-bond donors (Lipinski definition) is 2. The van der Waals surface area contributed by atoms with Gasteiger partial charge in [-0.15, -0.1) is 0 Å². The van der Waals surface area contributed by atoms with Gasteiger partial charge in [0.05, 0.1) is 6.54 Å². The Morgan fingerprint density at radius 2 is 2.43 bits per heavy atom. The summed E-state index contributed by atoms with van der Waals surface area (Å²) in [6, 6.07) is 1.28. The van der Waals surface area contributed by atoms with E-state index in [0.717, 1.165) is 0 Å². The number of halogens is 2. The molecule has 6 heteroatoms. The van der Waals surface area contributed by atoms with Gasteiger partial charge < -0.3 is 10.6 Å². The zero-order chi connectivity index (χ0) is 10.6. The number of nitrogens with one attached hydrogen (secondary N) is 2. The van der Waals surface area contributed by atoms with E-state index in [9.17, 15) is 9.18 Å². The van der Waals surface area contributed by atoms with E-state index in [1.54, 1.807) is 0 Å². The number of likely N-dealkylation sites (N-methyl/N-ethyl adjacent to an activating group) is 1. The maximum atomic E-state index is 13.1. The van der Waals surface area contributed by atoms with Crippen molar-refractivity contribution in [3.63, 3.8) is 0 Å². The molecule has 0 fully saturated rings. The maximum Gasteiger partial charge on any atom is 0.239 e. The van der Waals surface area contributed by atoms with Crippen LogP contribution in [0.1, 0.15) is 0 Å². The second kappa shape index (κ2) is 4.90. The minimum atomic E-state index is -0.497. The van der Waals surface area contributed by atoms with Crippen molar-refractivity contribution in [3.8, 4) is 0 Å². The molecular weight excluding hydrogens is 253 g/mol. The lowest BCUT2D eigenvalue weighted by Gasteiger charge is -2.05. The fourth-order valence-electron chi connectivity index (χ4n) is 0.797. The first-order valence-electron chi connectivity index (χ1n) is 3.89. The van der Waals surface area contributed by atoms with Gasteiger partial charge in [0.1, 0.15) is 0 Å². The van der Waals surface area contributed by atoms with Gasteiger partial charge in [-0.25, -0.2) is 9.37 Å². The number of carbonyl (C=O) groups is 1. The van der Waals surface area contributed by atoms with Crippen LogP contribution in [0.3, 0.4) is 0 Å². The van der Waals surface area contributed by atoms with E-state index < -0.39 is 5.82 Å². The van der Waals surface area contributed by atoms with Crippen molar-refractivity contribution < 1.29 is 9.18 Å². The summed E-state index contributed by atoms with van der Waals surface area (Å²) in [4.78, 5) is 14.6. The highest BCUT2D eigenvalue weighted by Crippen LogP contribution is 2.15. The monoisotopic (exact) mass is 261 g/mol. The van der Waals surface area contributed by atoms with Gasteiger partial charge in [-0.05, 0) is 22.0 Å². The van der Waals surface area contributed by atoms with Gasteiger partial charge in [0.15, 0.2) is 11.6 Å². The Morgan fingerprint density at radius 1 is 1.71 bits per heavy atom. The van der Waals surface area contributed by atoms with Crippen molar-refractivity contribution in [1.82, 2.24) is 10.3 Å². The Kier molecular flexibility index (Phi) is 3.82. The fourth-order valence-corrected chi connectivity index (χ4v) is 1.10. The van der Waals surface area contributed by atoms with Crippen molar-refractivity contribution in [3.05, 3.63) is 22.6 Å². The summed E-state index contributed by atoms with van der Waals surface area (Å²) >= 11 is 3.08. The average molecular weight is 262 g/mol. The lowest BCUT2D eigenvalue weighted by molar-refractivity contribution is -0.118. The van der Waals surface area contributed by atoms with Crippen LogP contribution in [0.15, 0.2) is 16.7 Å². The quantitative estimate of drug-likeness (QED) is 0.858. The second-order valence-electron chi connectivity index (χ2n) is 2.51. The van der Waals surface area contributed by atoms with Crippen LogP contribution in [0.2, 0.25) is 0 Å². The summed E-state index contributed by atoms with van der Waals surface area (Å²) < 4.78 is 13.7. The van der Waals surface area contributed by atoms with E-state index in [-0.39, 0.29) is 18.3 Å². The van der Waals surface area contributed by atoms with Gasteiger partial charge in [-0.2, -0.15) is 0 Å². The van der Waals surface area contributed by atoms with Gasteiger partial charge in [0, 0.05) is 17.7 Å². The Hall–Kier alpha value is -1.17. The third kappa shape index (κ3) is 2.95. The highest BCUT2D eigenvalue weighted by Gasteiger charge is 2.05. The molecule has 1 amide bonds. The Morgan fingerprint density at radius 3 is 3.00 bits per heavy atom. The molecule has 1 rings (SSSR count). The molecule has 14 heavy (non-hydrogen) atoms. The molecule has 0 aromatic carbocycles. The van der Waals surface area contributed by atoms with Crippen LogP contribution >= 0.6 is 15.9 Å². The molecule has 76 valence electrons. The molecule has 0 aliphatic heterocycles. The van der Waals surface area contributed by atoms with E-state index in [0.29, 0.717) is 4.47 Å². The lowest BCUT2D eigenvalue weighted by atomic mass is 10.4. The number of rotatable bonds is 3. The zero-order valence-electron chi connectivity index (χ0n) is 7.47. The molecule has 0 radical (unpaired) electrons. The minimum Gasteiger partial charge on any atom is -0.359 e. The van der Waals surface area contributed by atoms with Crippen LogP contribution in [0, 0.1) is 5.82 Å². The highest BCUT2D eigenvalue weighted by molar-refractivity contribution is 9.10. The molecule has 1 aromatic heterocycles. The van der Waals surface area contributed by atoms with Crippen LogP contribution in [0.25, 0.3) is 0 Å². The largest absolute Gasteiger partial charge is 0.359 e. The summed E-state index contributed by atoms with van der Waals surface area (Å²) in [6.07, 6.45) is 1.45. The SMILES string of the molecule is CNC(=O)CNc1ncc(Br)cc1F. The molecule has 0 bridgehead atoms. The van der Waals surface area contributed by atoms with Crippen LogP contribution in [0.5, 0.6) is 0 Å². The molecular formula is C8H9BrFN3O. The van der Waals surface area contributed by atoms with Gasteiger partial charge in [-0.3, -0.25) is 4.79 Å². The predicted octanol–water partition coefficient (Wildman–Crippen LogP) is 1.14. The zero-order valence-corrected chi connectivity index (χ0v) is 9.06. The molecule has 4 nitrogen and oxygen atoms in total. The van der Waals surface area contributed by atoms with Crippen LogP contribution < -0.4 is 10.6 Å². The molecule has 1 heterocycles. The van der Waals surface area contributed by atoms with Gasteiger partial charge in [0.2, 0.25) is 5.91 Å². The molecule has 2 N–H and O–H groups in total. The number of pyridine rings is 1. The molecule has 0 aliphatic rings. The predicted molar refractivity (Wildman–Crippen MR) is 54.5 cm³/mol. The number of anilines is 1. The number of carbonyl (C=O) groups excluding carboxylic acids is 1. The van der Waals surface area contributed by atoms with Gasteiger partial charge >= 0.3 is 0 Å². The number of hydrogen-bond acceptors (Lipinski definition) is 3. The smallest absolute Gasteiger partial charge is 0.239 e. The van der Waals surface area contributed by atoms with Crippen molar-refractivity contribution in [2.75, 3.05) is 18.9 Å². The normalized spacial score (nSPS) is 9.64. The van der Waals surface area contributed by atoms with Gasteiger partial charge in [0.25, 0.3) is 0 Å². The van der Waals surface area contributed by atoms with E-state index in [2.05, 4.69) is 31.5 Å². The summed E-state index contributed by atoms with van der Waals surface area (Å²) in [5.41, 5.74) is 0. The number of aromatic nitrogens is 1. The third-order valence-electron chi connectivity index (χ3n) is 1.50. The van der Waals surface area contributed by atoms with E-state index in [1.165, 1.54) is 19.3 Å². The molecule has 0 aliphatic carbocycles. The number of nitrogens with zero attached hydrogens (tertiary/aromatic N) is 1. The first-order valence-corrected chi connectivity index (χ1v) is 4.68. The second-order valence-corrected chi connectivity index (χ2v) is 3.43. The van der Waals surface area contributed by atoms with E-state index in [4.69, 9.17) is 0 Å². The summed E-state index contributed by atoms with van der Waals surface area (Å²) in [6.45, 7) is 0.00204. The maximum absolute atomic E-state index is 13.1. The Labute approximate surface area is 89.0 Å². The molecule has 1 aromatic rings. The summed E-state index contributed by atoms with van der Waals surface area (Å²) in [5, 5.41) is 4.98. The fraction of sp³-hybridized carbons (Fsp3) is 0.250. The average Bonchev–Trinajstić information content (AvgIpc) is 2.16. The van der Waals surface area contributed by atoms with Crippen LogP contribution in [-0.4, -0.2) is 24.5 Å². The molecule has 0 saturated heterocycles. The Bertz CT molecular complexity index is 345. The summed E-state index contributed by atoms with van der Waals surface area (Å²) in [7, 11) is 1.51. The van der Waals surface area contributed by atoms with Crippen molar-refractivity contribution in [1.29, 1.82) is 0 Å². The third-order valence-corrected chi connectivity index (χ3v) is 1.94. The first-order chi connectivity index (χ1) is 6.63. The molecule has 0 atom stereocenters. The van der Waals surface area contributed by atoms with Crippen LogP contribution in [-0.2, 0) is 4.79 Å². The standard InChI is InChI=1S/C8H9BrFN3O/c1-11-7(14)4-13-8-6(10)2-5(9)3-12-8/h2-3H,4H2,1H3,(H,11,14)(H,12,13). The van der Waals surface area contributed by atoms with Crippen LogP contribution in [0.4, 0.5) is 10.2 Å². The van der Waals surface area contributed by atoms with Crippen molar-refractivity contribution in [2.45, 2.75) is 0 Å². The minimum absolute atomic E-state index is 0.00204. The highest BCUT2D eigenvalue weighted by atomic mass is 79.9. The first kappa shape index (κ1) is 10.9. The topological polar surface area (TPSA) is 54.0 Å². The van der Waals surface area contributed by atoms with Gasteiger partial charge in [-0.1, -0.05) is 0 Å². The van der Waals surface area contributed by atoms with Crippen molar-refractivity contribution in [2.24, 2.45) is 0 Å². The molecule has 0 unspecified atom stereocenters. The number of amides is 1. The Balaban J connectivity index is 2.63. The molecule has 0 saturated carbocycles. The lowest BCUT2D eigenvalue weighted by Crippen LogP contribution is -2.26. The summed E-state index contributed by atoms with van der Waals surface area (Å²) in [5.74, 6) is -0.658. The van der Waals surface area contributed by atoms with E-state index in [1.807, 2.05) is 0 Å². The van der Waals surface area contributed by atoms with E-state index >= 15 is 0 Å².